The summed E-state index contributed by atoms with van der Waals surface area (Å²) in [6, 6.07) is 0. The van der Waals surface area contributed by atoms with Gasteiger partial charge in [0.15, 0.2) is 0 Å². The Morgan fingerprint density at radius 1 is 1.50 bits per heavy atom. The molecule has 0 spiro atoms. The lowest BCUT2D eigenvalue weighted by molar-refractivity contribution is 0.561. The zero-order valence-electron chi connectivity index (χ0n) is 11.4. The first kappa shape index (κ1) is 15.2. The van der Waals surface area contributed by atoms with E-state index in [-0.39, 0.29) is 5.56 Å². The molecule has 0 amide bonds. The maximum Gasteiger partial charge on any atom is 0.283 e. The SMILES string of the molecule is CCCn1ncc(NCCCC(C)C)c(Br)c1=O. The Labute approximate surface area is 117 Å². The summed E-state index contributed by atoms with van der Waals surface area (Å²) in [6.07, 6.45) is 4.91. The largest absolute Gasteiger partial charge is 0.383 e. The highest BCUT2D eigenvalue weighted by Gasteiger charge is 2.07. The molecule has 1 heterocycles. The van der Waals surface area contributed by atoms with E-state index in [9.17, 15) is 4.79 Å². The molecule has 0 saturated carbocycles. The van der Waals surface area contributed by atoms with Gasteiger partial charge in [-0.3, -0.25) is 4.79 Å². The van der Waals surface area contributed by atoms with Gasteiger partial charge in [0.1, 0.15) is 4.47 Å². The lowest BCUT2D eigenvalue weighted by atomic mass is 10.1. The van der Waals surface area contributed by atoms with E-state index in [0.29, 0.717) is 16.9 Å². The summed E-state index contributed by atoms with van der Waals surface area (Å²) < 4.78 is 2.07. The predicted molar refractivity (Wildman–Crippen MR) is 79.0 cm³/mol. The van der Waals surface area contributed by atoms with Crippen molar-refractivity contribution in [3.63, 3.8) is 0 Å². The second-order valence-corrected chi connectivity index (χ2v) is 5.66. The van der Waals surface area contributed by atoms with Gasteiger partial charge in [0, 0.05) is 13.1 Å². The maximum atomic E-state index is 11.9. The van der Waals surface area contributed by atoms with Crippen LogP contribution >= 0.6 is 15.9 Å². The number of aromatic nitrogens is 2. The Morgan fingerprint density at radius 2 is 2.22 bits per heavy atom. The van der Waals surface area contributed by atoms with Crippen molar-refractivity contribution < 1.29 is 0 Å². The molecule has 0 radical (unpaired) electrons. The third-order valence-electron chi connectivity index (χ3n) is 2.69. The van der Waals surface area contributed by atoms with Gasteiger partial charge in [-0.2, -0.15) is 5.10 Å². The molecule has 1 aromatic rings. The Kier molecular flexibility index (Phi) is 6.39. The molecule has 1 rings (SSSR count). The molecular formula is C13H22BrN3O. The summed E-state index contributed by atoms with van der Waals surface area (Å²) in [4.78, 5) is 11.9. The molecule has 0 aliphatic heterocycles. The van der Waals surface area contributed by atoms with Gasteiger partial charge in [0.05, 0.1) is 11.9 Å². The van der Waals surface area contributed by atoms with Crippen molar-refractivity contribution in [2.45, 2.75) is 46.6 Å². The highest BCUT2D eigenvalue weighted by molar-refractivity contribution is 9.10. The molecule has 0 fully saturated rings. The standard InChI is InChI=1S/C13H22BrN3O/c1-4-8-17-13(18)12(14)11(9-16-17)15-7-5-6-10(2)3/h9-10,15H,4-8H2,1-3H3. The Morgan fingerprint density at radius 3 is 2.83 bits per heavy atom. The highest BCUT2D eigenvalue weighted by Crippen LogP contribution is 2.16. The molecule has 0 atom stereocenters. The number of anilines is 1. The van der Waals surface area contributed by atoms with Crippen LogP contribution in [0.15, 0.2) is 15.5 Å². The second kappa shape index (κ2) is 7.56. The summed E-state index contributed by atoms with van der Waals surface area (Å²) in [5.41, 5.74) is 0.724. The number of nitrogens with zero attached hydrogens (tertiary/aromatic N) is 2. The first-order valence-corrected chi connectivity index (χ1v) is 7.35. The molecule has 18 heavy (non-hydrogen) atoms. The molecule has 5 heteroatoms. The summed E-state index contributed by atoms with van der Waals surface area (Å²) >= 11 is 3.35. The number of halogens is 1. The molecule has 102 valence electrons. The van der Waals surface area contributed by atoms with Gasteiger partial charge >= 0.3 is 0 Å². The zero-order valence-corrected chi connectivity index (χ0v) is 13.0. The Bertz CT molecular complexity index is 429. The highest BCUT2D eigenvalue weighted by atomic mass is 79.9. The molecule has 0 aliphatic carbocycles. The van der Waals surface area contributed by atoms with E-state index in [2.05, 4.69) is 40.2 Å². The molecule has 0 saturated heterocycles. The van der Waals surface area contributed by atoms with Gasteiger partial charge in [-0.25, -0.2) is 4.68 Å². The van der Waals surface area contributed by atoms with Crippen LogP contribution in [0.25, 0.3) is 0 Å². The van der Waals surface area contributed by atoms with Gasteiger partial charge in [0.2, 0.25) is 0 Å². The number of aryl methyl sites for hydroxylation is 1. The minimum Gasteiger partial charge on any atom is -0.383 e. The van der Waals surface area contributed by atoms with E-state index < -0.39 is 0 Å². The van der Waals surface area contributed by atoms with Crippen molar-refractivity contribution in [2.75, 3.05) is 11.9 Å². The fourth-order valence-electron chi connectivity index (χ4n) is 1.69. The van der Waals surface area contributed by atoms with Crippen LogP contribution in [0.2, 0.25) is 0 Å². The third kappa shape index (κ3) is 4.44. The Hall–Kier alpha value is -0.840. The summed E-state index contributed by atoms with van der Waals surface area (Å²) in [5, 5.41) is 7.41. The lowest BCUT2D eigenvalue weighted by Gasteiger charge is -2.10. The maximum absolute atomic E-state index is 11.9. The average molecular weight is 316 g/mol. The number of hydrogen-bond donors (Lipinski definition) is 1. The molecule has 1 N–H and O–H groups in total. The van der Waals surface area contributed by atoms with Crippen molar-refractivity contribution in [1.29, 1.82) is 0 Å². The monoisotopic (exact) mass is 315 g/mol. The van der Waals surface area contributed by atoms with Crippen molar-refractivity contribution in [3.8, 4) is 0 Å². The first-order valence-electron chi connectivity index (χ1n) is 6.55. The number of nitrogens with one attached hydrogen (secondary N) is 1. The van der Waals surface area contributed by atoms with E-state index >= 15 is 0 Å². The smallest absolute Gasteiger partial charge is 0.283 e. The van der Waals surface area contributed by atoms with Gasteiger partial charge < -0.3 is 5.32 Å². The number of hydrogen-bond acceptors (Lipinski definition) is 3. The second-order valence-electron chi connectivity index (χ2n) is 4.86. The molecule has 0 unspecified atom stereocenters. The Balaban J connectivity index is 2.62. The summed E-state index contributed by atoms with van der Waals surface area (Å²) in [7, 11) is 0. The summed E-state index contributed by atoms with van der Waals surface area (Å²) in [5.74, 6) is 0.714. The topological polar surface area (TPSA) is 46.9 Å². The van der Waals surface area contributed by atoms with E-state index in [4.69, 9.17) is 0 Å². The molecule has 0 aliphatic rings. The minimum absolute atomic E-state index is 0.0642. The molecule has 0 aromatic carbocycles. The normalized spacial score (nSPS) is 10.9. The molecular weight excluding hydrogens is 294 g/mol. The van der Waals surface area contributed by atoms with Crippen LogP contribution in [0, 0.1) is 5.92 Å². The van der Waals surface area contributed by atoms with Gasteiger partial charge in [-0.1, -0.05) is 20.8 Å². The van der Waals surface area contributed by atoms with Gasteiger partial charge in [-0.05, 0) is 41.1 Å². The van der Waals surface area contributed by atoms with E-state index in [1.807, 2.05) is 6.92 Å². The zero-order chi connectivity index (χ0) is 13.5. The molecule has 1 aromatic heterocycles. The lowest BCUT2D eigenvalue weighted by Crippen LogP contribution is -2.24. The van der Waals surface area contributed by atoms with E-state index in [1.54, 1.807) is 6.20 Å². The summed E-state index contributed by atoms with van der Waals surface area (Å²) in [6.45, 7) is 7.98. The van der Waals surface area contributed by atoms with Crippen LogP contribution < -0.4 is 10.9 Å². The third-order valence-corrected chi connectivity index (χ3v) is 3.46. The van der Waals surface area contributed by atoms with Crippen molar-refractivity contribution in [2.24, 2.45) is 5.92 Å². The van der Waals surface area contributed by atoms with Gasteiger partial charge in [0.25, 0.3) is 5.56 Å². The first-order chi connectivity index (χ1) is 8.56. The fraction of sp³-hybridized carbons (Fsp3) is 0.692. The van der Waals surface area contributed by atoms with E-state index in [1.165, 1.54) is 11.1 Å². The molecule has 4 nitrogen and oxygen atoms in total. The van der Waals surface area contributed by atoms with Crippen molar-refractivity contribution >= 4 is 21.6 Å². The van der Waals surface area contributed by atoms with E-state index in [0.717, 1.165) is 25.1 Å². The van der Waals surface area contributed by atoms with Crippen molar-refractivity contribution in [1.82, 2.24) is 9.78 Å². The number of rotatable bonds is 7. The van der Waals surface area contributed by atoms with Crippen LogP contribution in [-0.2, 0) is 6.54 Å². The predicted octanol–water partition coefficient (Wildman–Crippen LogP) is 3.26. The van der Waals surface area contributed by atoms with Crippen LogP contribution in [-0.4, -0.2) is 16.3 Å². The van der Waals surface area contributed by atoms with Crippen LogP contribution in [0.3, 0.4) is 0 Å². The van der Waals surface area contributed by atoms with Crippen molar-refractivity contribution in [3.05, 3.63) is 21.0 Å². The van der Waals surface area contributed by atoms with Gasteiger partial charge in [-0.15, -0.1) is 0 Å². The quantitative estimate of drug-likeness (QED) is 0.786. The molecule has 0 bridgehead atoms. The fourth-order valence-corrected chi connectivity index (χ4v) is 2.14. The van der Waals surface area contributed by atoms with Crippen LogP contribution in [0.4, 0.5) is 5.69 Å². The van der Waals surface area contributed by atoms with Crippen LogP contribution in [0.5, 0.6) is 0 Å². The van der Waals surface area contributed by atoms with Crippen LogP contribution in [0.1, 0.15) is 40.0 Å². The minimum atomic E-state index is -0.0642. The average Bonchev–Trinajstić information content (AvgIpc) is 2.33.